The van der Waals surface area contributed by atoms with Gasteiger partial charge in [0.05, 0.1) is 0 Å². The van der Waals surface area contributed by atoms with Gasteiger partial charge < -0.3 is 5.11 Å². The number of rotatable bonds is 4. The van der Waals surface area contributed by atoms with Crippen molar-refractivity contribution in [2.45, 2.75) is 72.6 Å². The summed E-state index contributed by atoms with van der Waals surface area (Å²) in [6.45, 7) is 17.6. The number of phenolic OH excluding ortho intramolecular Hbond substituents is 1. The molecular weight excluding hydrogens is 232 g/mol. The summed E-state index contributed by atoms with van der Waals surface area (Å²) in [6, 6.07) is 4.28. The Kier molecular flexibility index (Phi) is 4.39. The molecule has 1 aromatic carbocycles. The molecule has 1 rings (SSSR count). The topological polar surface area (TPSA) is 20.2 Å². The van der Waals surface area contributed by atoms with Gasteiger partial charge in [-0.2, -0.15) is 0 Å². The molecule has 0 saturated heterocycles. The Morgan fingerprint density at radius 1 is 1.05 bits per heavy atom. The highest BCUT2D eigenvalue weighted by Crippen LogP contribution is 2.43. The Morgan fingerprint density at radius 3 is 1.95 bits per heavy atom. The molecule has 0 unspecified atom stereocenters. The van der Waals surface area contributed by atoms with Gasteiger partial charge in [-0.1, -0.05) is 66.2 Å². The van der Waals surface area contributed by atoms with Crippen molar-refractivity contribution < 1.29 is 5.11 Å². The smallest absolute Gasteiger partial charge is 0.123 e. The van der Waals surface area contributed by atoms with Crippen molar-refractivity contribution in [3.05, 3.63) is 28.8 Å². The van der Waals surface area contributed by atoms with Crippen LogP contribution in [-0.2, 0) is 10.8 Å². The van der Waals surface area contributed by atoms with Crippen LogP contribution >= 0.6 is 0 Å². The van der Waals surface area contributed by atoms with E-state index >= 15 is 0 Å². The van der Waals surface area contributed by atoms with Crippen LogP contribution in [0.25, 0.3) is 0 Å². The fourth-order valence-corrected chi connectivity index (χ4v) is 2.29. The van der Waals surface area contributed by atoms with Crippen molar-refractivity contribution in [1.82, 2.24) is 0 Å². The predicted octanol–water partition coefficient (Wildman–Crippen LogP) is 5.32. The average Bonchev–Trinajstić information content (AvgIpc) is 2.31. The lowest BCUT2D eigenvalue weighted by molar-refractivity contribution is 0.344. The molecule has 0 aliphatic rings. The number of benzene rings is 1. The maximum atomic E-state index is 10.8. The first kappa shape index (κ1) is 16.1. The van der Waals surface area contributed by atoms with Crippen LogP contribution in [0.1, 0.15) is 71.6 Å². The Morgan fingerprint density at radius 2 is 1.53 bits per heavy atom. The summed E-state index contributed by atoms with van der Waals surface area (Å²) in [5.74, 6) is 0.980. The van der Waals surface area contributed by atoms with E-state index < -0.39 is 0 Å². The second kappa shape index (κ2) is 5.19. The Hall–Kier alpha value is -0.980. The highest BCUT2D eigenvalue weighted by Gasteiger charge is 2.32. The second-order valence-electron chi connectivity index (χ2n) is 7.32. The molecule has 0 spiro atoms. The van der Waals surface area contributed by atoms with Crippen LogP contribution in [0, 0.1) is 12.8 Å². The molecule has 19 heavy (non-hydrogen) atoms. The molecule has 108 valence electrons. The van der Waals surface area contributed by atoms with Crippen LogP contribution in [0.5, 0.6) is 5.75 Å². The minimum atomic E-state index is -0.0192. The molecule has 1 N–H and O–H groups in total. The first-order valence-corrected chi connectivity index (χ1v) is 7.38. The molecule has 0 saturated carbocycles. The maximum Gasteiger partial charge on any atom is 0.123 e. The fraction of sp³-hybridized carbons (Fsp3) is 0.667. The zero-order chi connectivity index (χ0) is 15.0. The van der Waals surface area contributed by atoms with Crippen LogP contribution < -0.4 is 0 Å². The highest BCUT2D eigenvalue weighted by atomic mass is 16.3. The van der Waals surface area contributed by atoms with E-state index in [-0.39, 0.29) is 10.8 Å². The Bertz CT molecular complexity index is 453. The van der Waals surface area contributed by atoms with Gasteiger partial charge in [-0.05, 0) is 30.1 Å². The average molecular weight is 262 g/mol. The summed E-state index contributed by atoms with van der Waals surface area (Å²) in [5, 5.41) is 10.8. The Labute approximate surface area is 119 Å². The van der Waals surface area contributed by atoms with Gasteiger partial charge in [-0.3, -0.25) is 0 Å². The molecule has 0 bridgehead atoms. The lowest BCUT2D eigenvalue weighted by Crippen LogP contribution is -2.26. The quantitative estimate of drug-likeness (QED) is 0.778. The summed E-state index contributed by atoms with van der Waals surface area (Å²) in [6.07, 6.45) is 1.02. The van der Waals surface area contributed by atoms with Gasteiger partial charge >= 0.3 is 0 Å². The molecule has 0 radical (unpaired) electrons. The normalized spacial score (nSPS) is 13.1. The molecule has 1 nitrogen and oxygen atoms in total. The monoisotopic (exact) mass is 262 g/mol. The first-order chi connectivity index (χ1) is 8.54. The maximum absolute atomic E-state index is 10.8. The van der Waals surface area contributed by atoms with Crippen molar-refractivity contribution in [1.29, 1.82) is 0 Å². The molecule has 1 heteroatoms. The molecular formula is C18H30O. The summed E-state index contributed by atoms with van der Waals surface area (Å²) in [7, 11) is 0. The third kappa shape index (κ3) is 2.96. The van der Waals surface area contributed by atoms with Crippen molar-refractivity contribution in [3.63, 3.8) is 0 Å². The molecule has 0 aromatic heterocycles. The largest absolute Gasteiger partial charge is 0.507 e. The van der Waals surface area contributed by atoms with E-state index in [4.69, 9.17) is 0 Å². The van der Waals surface area contributed by atoms with Gasteiger partial charge in [0.15, 0.2) is 0 Å². The van der Waals surface area contributed by atoms with E-state index in [9.17, 15) is 5.11 Å². The van der Waals surface area contributed by atoms with E-state index in [0.717, 1.165) is 17.5 Å². The van der Waals surface area contributed by atoms with Gasteiger partial charge in [0, 0.05) is 11.1 Å². The molecule has 0 heterocycles. The zero-order valence-corrected chi connectivity index (χ0v) is 13.9. The van der Waals surface area contributed by atoms with Crippen LogP contribution in [0.15, 0.2) is 12.1 Å². The number of aryl methyl sites for hydroxylation is 1. The summed E-state index contributed by atoms with van der Waals surface area (Å²) < 4.78 is 0. The summed E-state index contributed by atoms with van der Waals surface area (Å²) in [5.41, 5.74) is 3.39. The lowest BCUT2D eigenvalue weighted by atomic mass is 9.71. The second-order valence-corrected chi connectivity index (χ2v) is 7.32. The van der Waals surface area contributed by atoms with E-state index in [1.165, 1.54) is 5.56 Å². The molecule has 0 aliphatic heterocycles. The highest BCUT2D eigenvalue weighted by molar-refractivity contribution is 5.50. The van der Waals surface area contributed by atoms with E-state index in [0.29, 0.717) is 11.7 Å². The third-order valence-electron chi connectivity index (χ3n) is 5.00. The third-order valence-corrected chi connectivity index (χ3v) is 5.00. The molecule has 0 aliphatic carbocycles. The van der Waals surface area contributed by atoms with Gasteiger partial charge in [0.1, 0.15) is 5.75 Å². The van der Waals surface area contributed by atoms with Crippen molar-refractivity contribution in [2.24, 2.45) is 5.92 Å². The van der Waals surface area contributed by atoms with E-state index in [1.807, 2.05) is 0 Å². The first-order valence-electron chi connectivity index (χ1n) is 7.38. The molecule has 0 atom stereocenters. The van der Waals surface area contributed by atoms with Gasteiger partial charge in [0.25, 0.3) is 0 Å². The predicted molar refractivity (Wildman–Crippen MR) is 84.0 cm³/mol. The molecule has 0 amide bonds. The number of hydrogen-bond donors (Lipinski definition) is 1. The fourth-order valence-electron chi connectivity index (χ4n) is 2.29. The van der Waals surface area contributed by atoms with Crippen molar-refractivity contribution in [2.75, 3.05) is 0 Å². The SMILES string of the molecule is CCC(C)(C)c1cc(C)cc(C(C)(C)C(C)C)c1O. The number of phenols is 1. The van der Waals surface area contributed by atoms with Gasteiger partial charge in [-0.15, -0.1) is 0 Å². The van der Waals surface area contributed by atoms with Crippen LogP contribution in [0.2, 0.25) is 0 Å². The lowest BCUT2D eigenvalue weighted by Gasteiger charge is -2.34. The summed E-state index contributed by atoms with van der Waals surface area (Å²) >= 11 is 0. The number of hydrogen-bond acceptors (Lipinski definition) is 1. The zero-order valence-electron chi connectivity index (χ0n) is 13.9. The van der Waals surface area contributed by atoms with Crippen LogP contribution in [0.3, 0.4) is 0 Å². The van der Waals surface area contributed by atoms with Gasteiger partial charge in [0.2, 0.25) is 0 Å². The summed E-state index contributed by atoms with van der Waals surface area (Å²) in [4.78, 5) is 0. The van der Waals surface area contributed by atoms with Crippen molar-refractivity contribution >= 4 is 0 Å². The van der Waals surface area contributed by atoms with E-state index in [1.54, 1.807) is 0 Å². The van der Waals surface area contributed by atoms with E-state index in [2.05, 4.69) is 67.5 Å². The van der Waals surface area contributed by atoms with Crippen LogP contribution in [-0.4, -0.2) is 5.11 Å². The number of aromatic hydroxyl groups is 1. The minimum absolute atomic E-state index is 0.0118. The Balaban J connectivity index is 3.54. The molecule has 0 fully saturated rings. The van der Waals surface area contributed by atoms with Crippen molar-refractivity contribution in [3.8, 4) is 5.75 Å². The minimum Gasteiger partial charge on any atom is -0.507 e. The standard InChI is InChI=1S/C18H30O/c1-9-17(5,6)14-10-13(4)11-15(16(14)19)18(7,8)12(2)3/h10-12,19H,9H2,1-8H3. The van der Waals surface area contributed by atoms with Crippen LogP contribution in [0.4, 0.5) is 0 Å². The molecule has 1 aromatic rings. The van der Waals surface area contributed by atoms with Gasteiger partial charge in [-0.25, -0.2) is 0 Å².